The number of hydrogen-bond donors (Lipinski definition) is 2. The standard InChI is InChI=1S/C8H15NO3/c1-3-6(2)9-8(7(10)11)4-12-5-8/h6,9H,3-5H2,1-2H3,(H,10,11). The minimum Gasteiger partial charge on any atom is -0.480 e. The van der Waals surface area contributed by atoms with Gasteiger partial charge in [0.05, 0.1) is 13.2 Å². The van der Waals surface area contributed by atoms with Crippen LogP contribution in [0.1, 0.15) is 20.3 Å². The van der Waals surface area contributed by atoms with Crippen molar-refractivity contribution < 1.29 is 14.6 Å². The summed E-state index contributed by atoms with van der Waals surface area (Å²) in [5.41, 5.74) is -0.810. The van der Waals surface area contributed by atoms with Gasteiger partial charge in [-0.2, -0.15) is 0 Å². The lowest BCUT2D eigenvalue weighted by Gasteiger charge is -2.40. The molecule has 70 valence electrons. The Morgan fingerprint density at radius 3 is 2.58 bits per heavy atom. The second-order valence-corrected chi connectivity index (χ2v) is 3.33. The van der Waals surface area contributed by atoms with Gasteiger partial charge in [-0.25, -0.2) is 0 Å². The Labute approximate surface area is 71.9 Å². The Morgan fingerprint density at radius 1 is 1.75 bits per heavy atom. The predicted molar refractivity (Wildman–Crippen MR) is 44.1 cm³/mol. The third-order valence-electron chi connectivity index (χ3n) is 2.24. The maximum atomic E-state index is 10.8. The van der Waals surface area contributed by atoms with Crippen molar-refractivity contribution in [3.05, 3.63) is 0 Å². The lowest BCUT2D eigenvalue weighted by atomic mass is 9.96. The molecule has 2 N–H and O–H groups in total. The van der Waals surface area contributed by atoms with Crippen LogP contribution in [0.4, 0.5) is 0 Å². The van der Waals surface area contributed by atoms with Gasteiger partial charge in [0.1, 0.15) is 0 Å². The van der Waals surface area contributed by atoms with Crippen LogP contribution in [0.25, 0.3) is 0 Å². The lowest BCUT2D eigenvalue weighted by molar-refractivity contribution is -0.167. The van der Waals surface area contributed by atoms with Gasteiger partial charge in [0, 0.05) is 6.04 Å². The highest BCUT2D eigenvalue weighted by Crippen LogP contribution is 2.18. The molecule has 0 aromatic carbocycles. The summed E-state index contributed by atoms with van der Waals surface area (Å²) < 4.78 is 4.90. The Morgan fingerprint density at radius 2 is 2.33 bits per heavy atom. The third kappa shape index (κ3) is 1.59. The summed E-state index contributed by atoms with van der Waals surface area (Å²) in [5.74, 6) is -0.811. The average molecular weight is 173 g/mol. The number of carboxylic acids is 1. The van der Waals surface area contributed by atoms with Gasteiger partial charge < -0.3 is 9.84 Å². The van der Waals surface area contributed by atoms with Crippen molar-refractivity contribution in [3.8, 4) is 0 Å². The van der Waals surface area contributed by atoms with Crippen molar-refractivity contribution in [1.29, 1.82) is 0 Å². The Bertz CT molecular complexity index is 177. The van der Waals surface area contributed by atoms with E-state index < -0.39 is 11.5 Å². The maximum absolute atomic E-state index is 10.8. The zero-order valence-corrected chi connectivity index (χ0v) is 7.46. The summed E-state index contributed by atoms with van der Waals surface area (Å²) in [6, 6.07) is 0.227. The molecule has 4 heteroatoms. The number of carboxylic acid groups (broad SMARTS) is 1. The van der Waals surface area contributed by atoms with E-state index in [9.17, 15) is 4.79 Å². The molecule has 1 aliphatic rings. The molecule has 1 rings (SSSR count). The van der Waals surface area contributed by atoms with Crippen LogP contribution < -0.4 is 5.32 Å². The minimum atomic E-state index is -0.811. The number of ether oxygens (including phenoxy) is 1. The zero-order chi connectivity index (χ0) is 9.19. The highest BCUT2D eigenvalue weighted by atomic mass is 16.5. The number of nitrogens with one attached hydrogen (secondary N) is 1. The quantitative estimate of drug-likeness (QED) is 0.639. The molecule has 0 saturated carbocycles. The van der Waals surface area contributed by atoms with Crippen molar-refractivity contribution in [2.24, 2.45) is 0 Å². The molecule has 0 aliphatic carbocycles. The molecule has 0 spiro atoms. The van der Waals surface area contributed by atoms with Gasteiger partial charge in [-0.1, -0.05) is 6.92 Å². The average Bonchev–Trinajstić information content (AvgIpc) is 1.95. The monoisotopic (exact) mass is 173 g/mol. The topological polar surface area (TPSA) is 58.6 Å². The Balaban J connectivity index is 2.50. The molecule has 0 bridgehead atoms. The van der Waals surface area contributed by atoms with Crippen molar-refractivity contribution in [3.63, 3.8) is 0 Å². The van der Waals surface area contributed by atoms with Crippen LogP contribution in [0.5, 0.6) is 0 Å². The molecule has 1 unspecified atom stereocenters. The first-order valence-corrected chi connectivity index (χ1v) is 4.19. The van der Waals surface area contributed by atoms with Crippen LogP contribution in [0.2, 0.25) is 0 Å². The summed E-state index contributed by atoms with van der Waals surface area (Å²) in [6.45, 7) is 4.56. The highest BCUT2D eigenvalue weighted by Gasteiger charge is 2.46. The smallest absolute Gasteiger partial charge is 0.328 e. The van der Waals surface area contributed by atoms with Crippen molar-refractivity contribution in [2.75, 3.05) is 13.2 Å². The van der Waals surface area contributed by atoms with E-state index in [1.165, 1.54) is 0 Å². The molecule has 0 aromatic heterocycles. The number of carbonyl (C=O) groups is 1. The largest absolute Gasteiger partial charge is 0.480 e. The molecule has 0 radical (unpaired) electrons. The molecule has 12 heavy (non-hydrogen) atoms. The van der Waals surface area contributed by atoms with Crippen LogP contribution in [-0.4, -0.2) is 35.9 Å². The molecule has 1 heterocycles. The molecule has 0 amide bonds. The van der Waals surface area contributed by atoms with Crippen LogP contribution in [-0.2, 0) is 9.53 Å². The molecule has 1 saturated heterocycles. The second-order valence-electron chi connectivity index (χ2n) is 3.33. The summed E-state index contributed by atoms with van der Waals surface area (Å²) in [7, 11) is 0. The Hall–Kier alpha value is -0.610. The summed E-state index contributed by atoms with van der Waals surface area (Å²) in [5, 5.41) is 11.9. The molecule has 1 aliphatic heterocycles. The minimum absolute atomic E-state index is 0.227. The van der Waals surface area contributed by atoms with Crippen molar-refractivity contribution >= 4 is 5.97 Å². The van der Waals surface area contributed by atoms with Crippen molar-refractivity contribution in [1.82, 2.24) is 5.32 Å². The van der Waals surface area contributed by atoms with Gasteiger partial charge in [0.2, 0.25) is 0 Å². The first kappa shape index (κ1) is 9.48. The fourth-order valence-electron chi connectivity index (χ4n) is 1.15. The number of aliphatic carboxylic acids is 1. The summed E-state index contributed by atoms with van der Waals surface area (Å²) in [4.78, 5) is 10.8. The summed E-state index contributed by atoms with van der Waals surface area (Å²) >= 11 is 0. The fourth-order valence-corrected chi connectivity index (χ4v) is 1.15. The zero-order valence-electron chi connectivity index (χ0n) is 7.46. The van der Waals surface area contributed by atoms with Crippen LogP contribution >= 0.6 is 0 Å². The van der Waals surface area contributed by atoms with E-state index in [-0.39, 0.29) is 19.3 Å². The first-order valence-electron chi connectivity index (χ1n) is 4.19. The van der Waals surface area contributed by atoms with E-state index in [1.54, 1.807) is 0 Å². The van der Waals surface area contributed by atoms with E-state index in [1.807, 2.05) is 13.8 Å². The van der Waals surface area contributed by atoms with E-state index in [0.29, 0.717) is 0 Å². The van der Waals surface area contributed by atoms with Gasteiger partial charge in [-0.3, -0.25) is 10.1 Å². The van der Waals surface area contributed by atoms with Crippen LogP contribution in [0.3, 0.4) is 0 Å². The van der Waals surface area contributed by atoms with Crippen LogP contribution in [0.15, 0.2) is 0 Å². The molecule has 1 fully saturated rings. The highest BCUT2D eigenvalue weighted by molar-refractivity contribution is 5.80. The third-order valence-corrected chi connectivity index (χ3v) is 2.24. The van der Waals surface area contributed by atoms with Gasteiger partial charge >= 0.3 is 5.97 Å². The number of hydrogen-bond acceptors (Lipinski definition) is 3. The van der Waals surface area contributed by atoms with Gasteiger partial charge in [0.25, 0.3) is 0 Å². The maximum Gasteiger partial charge on any atom is 0.328 e. The van der Waals surface area contributed by atoms with Crippen LogP contribution in [0, 0.1) is 0 Å². The molecular weight excluding hydrogens is 158 g/mol. The van der Waals surface area contributed by atoms with Crippen molar-refractivity contribution in [2.45, 2.75) is 31.8 Å². The van der Waals surface area contributed by atoms with Gasteiger partial charge in [-0.05, 0) is 13.3 Å². The number of rotatable bonds is 4. The predicted octanol–water partition coefficient (Wildman–Crippen LogP) is 0.228. The lowest BCUT2D eigenvalue weighted by Crippen LogP contribution is -2.67. The van der Waals surface area contributed by atoms with E-state index >= 15 is 0 Å². The normalized spacial score (nSPS) is 22.8. The van der Waals surface area contributed by atoms with E-state index in [2.05, 4.69) is 5.32 Å². The molecule has 0 aromatic rings. The molecule has 1 atom stereocenters. The summed E-state index contributed by atoms with van der Waals surface area (Å²) in [6.07, 6.45) is 0.926. The fraction of sp³-hybridized carbons (Fsp3) is 0.875. The van der Waals surface area contributed by atoms with Gasteiger partial charge in [-0.15, -0.1) is 0 Å². The van der Waals surface area contributed by atoms with E-state index in [4.69, 9.17) is 9.84 Å². The van der Waals surface area contributed by atoms with Gasteiger partial charge in [0.15, 0.2) is 5.54 Å². The Kier molecular flexibility index (Phi) is 2.69. The first-order chi connectivity index (χ1) is 5.60. The molecular formula is C8H15NO3. The van der Waals surface area contributed by atoms with E-state index in [0.717, 1.165) is 6.42 Å². The molecule has 4 nitrogen and oxygen atoms in total. The SMILES string of the molecule is CCC(C)NC1(C(=O)O)COC1. The second kappa shape index (κ2) is 3.41.